The van der Waals surface area contributed by atoms with E-state index in [9.17, 15) is 4.79 Å². The van der Waals surface area contributed by atoms with Crippen LogP contribution in [0.2, 0.25) is 5.02 Å². The van der Waals surface area contributed by atoms with E-state index in [0.29, 0.717) is 27.7 Å². The van der Waals surface area contributed by atoms with Crippen molar-refractivity contribution >= 4 is 11.6 Å². The molecule has 0 fully saturated rings. The molecule has 3 N–H and O–H groups in total. The van der Waals surface area contributed by atoms with Crippen molar-refractivity contribution in [1.29, 1.82) is 0 Å². The van der Waals surface area contributed by atoms with Gasteiger partial charge in [0.25, 0.3) is 5.56 Å². The van der Waals surface area contributed by atoms with E-state index in [1.807, 2.05) is 0 Å². The summed E-state index contributed by atoms with van der Waals surface area (Å²) in [5.41, 5.74) is 6.21. The standard InChI is InChI=1S/C12H12ClN3O2/c1-18-10-3-2-8(13)4-9(10)11-15-6-7(5-14)12(17)16-11/h2-4,6H,5,14H2,1H3,(H,15,16,17). The summed E-state index contributed by atoms with van der Waals surface area (Å²) >= 11 is 5.93. The van der Waals surface area contributed by atoms with Gasteiger partial charge in [0, 0.05) is 23.3 Å². The topological polar surface area (TPSA) is 81.0 Å². The molecule has 1 heterocycles. The number of nitrogens with zero attached hydrogens (tertiary/aromatic N) is 1. The Labute approximate surface area is 109 Å². The molecule has 5 nitrogen and oxygen atoms in total. The van der Waals surface area contributed by atoms with Gasteiger partial charge in [0.1, 0.15) is 11.6 Å². The first-order chi connectivity index (χ1) is 8.65. The average Bonchev–Trinajstić information content (AvgIpc) is 2.38. The number of hydrogen-bond donors (Lipinski definition) is 2. The largest absolute Gasteiger partial charge is 0.496 e. The predicted molar refractivity (Wildman–Crippen MR) is 69.7 cm³/mol. The number of nitrogens with one attached hydrogen (secondary N) is 1. The molecule has 0 saturated carbocycles. The van der Waals surface area contributed by atoms with E-state index in [1.54, 1.807) is 25.3 Å². The van der Waals surface area contributed by atoms with Gasteiger partial charge in [-0.05, 0) is 18.2 Å². The van der Waals surface area contributed by atoms with Crippen molar-refractivity contribution in [2.45, 2.75) is 6.54 Å². The van der Waals surface area contributed by atoms with Gasteiger partial charge >= 0.3 is 0 Å². The maximum absolute atomic E-state index is 11.7. The lowest BCUT2D eigenvalue weighted by atomic mass is 10.2. The second-order valence-electron chi connectivity index (χ2n) is 3.63. The summed E-state index contributed by atoms with van der Waals surface area (Å²) in [7, 11) is 1.54. The van der Waals surface area contributed by atoms with E-state index in [2.05, 4.69) is 9.97 Å². The summed E-state index contributed by atoms with van der Waals surface area (Å²) in [5, 5.41) is 0.538. The van der Waals surface area contributed by atoms with Crippen LogP contribution < -0.4 is 16.0 Å². The lowest BCUT2D eigenvalue weighted by Crippen LogP contribution is -2.17. The van der Waals surface area contributed by atoms with Crippen LogP contribution in [0.15, 0.2) is 29.2 Å². The number of halogens is 1. The molecule has 0 atom stereocenters. The Bertz CT molecular complexity index is 625. The monoisotopic (exact) mass is 265 g/mol. The molecule has 2 rings (SSSR count). The fourth-order valence-corrected chi connectivity index (χ4v) is 1.74. The van der Waals surface area contributed by atoms with Gasteiger partial charge in [0.05, 0.1) is 12.7 Å². The highest BCUT2D eigenvalue weighted by atomic mass is 35.5. The second-order valence-corrected chi connectivity index (χ2v) is 4.07. The number of aromatic amines is 1. The summed E-state index contributed by atoms with van der Waals surface area (Å²) in [4.78, 5) is 18.5. The first-order valence-corrected chi connectivity index (χ1v) is 5.65. The maximum atomic E-state index is 11.7. The molecule has 6 heteroatoms. The summed E-state index contributed by atoms with van der Waals surface area (Å²) < 4.78 is 5.21. The average molecular weight is 266 g/mol. The molecule has 0 saturated heterocycles. The van der Waals surface area contributed by atoms with E-state index >= 15 is 0 Å². The van der Waals surface area contributed by atoms with Crippen LogP contribution in [0, 0.1) is 0 Å². The van der Waals surface area contributed by atoms with Gasteiger partial charge in [-0.15, -0.1) is 0 Å². The van der Waals surface area contributed by atoms with Crippen molar-refractivity contribution in [3.05, 3.63) is 45.3 Å². The van der Waals surface area contributed by atoms with E-state index in [0.717, 1.165) is 0 Å². The highest BCUT2D eigenvalue weighted by Gasteiger charge is 2.10. The minimum atomic E-state index is -0.260. The van der Waals surface area contributed by atoms with Crippen molar-refractivity contribution in [3.8, 4) is 17.1 Å². The molecule has 94 valence electrons. The van der Waals surface area contributed by atoms with Crippen molar-refractivity contribution < 1.29 is 4.74 Å². The molecule has 0 unspecified atom stereocenters. The Kier molecular flexibility index (Phi) is 3.64. The smallest absolute Gasteiger partial charge is 0.255 e. The van der Waals surface area contributed by atoms with Crippen molar-refractivity contribution in [2.24, 2.45) is 5.73 Å². The number of methoxy groups -OCH3 is 1. The molecular formula is C12H12ClN3O2. The summed E-state index contributed by atoms with van der Waals surface area (Å²) in [6.45, 7) is 0.148. The van der Waals surface area contributed by atoms with E-state index < -0.39 is 0 Å². The SMILES string of the molecule is COc1ccc(Cl)cc1-c1ncc(CN)c(=O)[nH]1. The van der Waals surface area contributed by atoms with E-state index in [4.69, 9.17) is 22.1 Å². The van der Waals surface area contributed by atoms with Crippen LogP contribution >= 0.6 is 11.6 Å². The van der Waals surface area contributed by atoms with Gasteiger partial charge in [-0.3, -0.25) is 4.79 Å². The highest BCUT2D eigenvalue weighted by molar-refractivity contribution is 6.30. The van der Waals surface area contributed by atoms with Gasteiger partial charge in [0.15, 0.2) is 0 Å². The maximum Gasteiger partial charge on any atom is 0.255 e. The van der Waals surface area contributed by atoms with Crippen LogP contribution in [-0.2, 0) is 6.54 Å². The first-order valence-electron chi connectivity index (χ1n) is 5.28. The number of ether oxygens (including phenoxy) is 1. The molecule has 0 aliphatic heterocycles. The summed E-state index contributed by atoms with van der Waals surface area (Å²) in [6, 6.07) is 5.10. The number of aromatic nitrogens is 2. The van der Waals surface area contributed by atoms with Gasteiger partial charge in [-0.1, -0.05) is 11.6 Å². The predicted octanol–water partition coefficient (Wildman–Crippen LogP) is 1.56. The molecule has 2 aromatic rings. The van der Waals surface area contributed by atoms with Gasteiger partial charge in [-0.25, -0.2) is 4.98 Å². The van der Waals surface area contributed by atoms with E-state index in [1.165, 1.54) is 6.20 Å². The lowest BCUT2D eigenvalue weighted by molar-refractivity contribution is 0.416. The number of benzene rings is 1. The molecule has 1 aromatic carbocycles. The van der Waals surface area contributed by atoms with Gasteiger partial charge in [0.2, 0.25) is 0 Å². The summed E-state index contributed by atoms with van der Waals surface area (Å²) in [6.07, 6.45) is 1.45. The lowest BCUT2D eigenvalue weighted by Gasteiger charge is -2.08. The zero-order valence-electron chi connectivity index (χ0n) is 9.74. The second kappa shape index (κ2) is 5.20. The fourth-order valence-electron chi connectivity index (χ4n) is 1.57. The Balaban J connectivity index is 2.58. The van der Waals surface area contributed by atoms with Crippen LogP contribution in [-0.4, -0.2) is 17.1 Å². The molecule has 0 amide bonds. The third-order valence-electron chi connectivity index (χ3n) is 2.51. The molecule has 1 aromatic heterocycles. The molecule has 0 aliphatic rings. The highest BCUT2D eigenvalue weighted by Crippen LogP contribution is 2.29. The zero-order valence-corrected chi connectivity index (χ0v) is 10.5. The molecule has 18 heavy (non-hydrogen) atoms. The van der Waals surface area contributed by atoms with Crippen LogP contribution in [0.1, 0.15) is 5.56 Å². The Hall–Kier alpha value is -1.85. The van der Waals surface area contributed by atoms with E-state index in [-0.39, 0.29) is 12.1 Å². The Morgan fingerprint density at radius 1 is 1.50 bits per heavy atom. The third kappa shape index (κ3) is 2.37. The summed E-state index contributed by atoms with van der Waals surface area (Å²) in [5.74, 6) is 0.986. The third-order valence-corrected chi connectivity index (χ3v) is 2.74. The molecule has 0 bridgehead atoms. The minimum absolute atomic E-state index is 0.148. The number of H-pyrrole nitrogens is 1. The number of rotatable bonds is 3. The van der Waals surface area contributed by atoms with Crippen molar-refractivity contribution in [2.75, 3.05) is 7.11 Å². The quantitative estimate of drug-likeness (QED) is 0.882. The molecular weight excluding hydrogens is 254 g/mol. The molecule has 0 aliphatic carbocycles. The van der Waals surface area contributed by atoms with Crippen molar-refractivity contribution in [1.82, 2.24) is 9.97 Å². The van der Waals surface area contributed by atoms with Crippen LogP contribution in [0.4, 0.5) is 0 Å². The van der Waals surface area contributed by atoms with Gasteiger partial charge < -0.3 is 15.5 Å². The first kappa shape index (κ1) is 12.6. The Morgan fingerprint density at radius 2 is 2.28 bits per heavy atom. The molecule has 0 spiro atoms. The Morgan fingerprint density at radius 3 is 2.89 bits per heavy atom. The van der Waals surface area contributed by atoms with Gasteiger partial charge in [-0.2, -0.15) is 0 Å². The molecule has 0 radical (unpaired) electrons. The van der Waals surface area contributed by atoms with Crippen molar-refractivity contribution in [3.63, 3.8) is 0 Å². The fraction of sp³-hybridized carbons (Fsp3) is 0.167. The van der Waals surface area contributed by atoms with Crippen LogP contribution in [0.25, 0.3) is 11.4 Å². The number of nitrogens with two attached hydrogens (primary N) is 1. The zero-order chi connectivity index (χ0) is 13.1. The minimum Gasteiger partial charge on any atom is -0.496 e. The van der Waals surface area contributed by atoms with Crippen LogP contribution in [0.5, 0.6) is 5.75 Å². The number of hydrogen-bond acceptors (Lipinski definition) is 4. The van der Waals surface area contributed by atoms with Crippen LogP contribution in [0.3, 0.4) is 0 Å². The normalized spacial score (nSPS) is 10.4.